The van der Waals surface area contributed by atoms with Gasteiger partial charge in [-0.3, -0.25) is 14.7 Å². The first-order valence-electron chi connectivity index (χ1n) is 7.75. The van der Waals surface area contributed by atoms with Crippen LogP contribution in [-0.4, -0.2) is 65.1 Å². The number of anilines is 1. The zero-order valence-electron chi connectivity index (χ0n) is 13.9. The summed E-state index contributed by atoms with van der Waals surface area (Å²) in [6.07, 6.45) is 3.00. The summed E-state index contributed by atoms with van der Waals surface area (Å²) < 4.78 is 5.30. The lowest BCUT2D eigenvalue weighted by Gasteiger charge is -2.35. The Hall–Kier alpha value is -2.31. The van der Waals surface area contributed by atoms with Gasteiger partial charge in [0.05, 0.1) is 0 Å². The Labute approximate surface area is 136 Å². The maximum atomic E-state index is 12.2. The second-order valence-corrected chi connectivity index (χ2v) is 6.45. The van der Waals surface area contributed by atoms with Gasteiger partial charge < -0.3 is 15.0 Å². The number of ether oxygens (including phenoxy) is 1. The molecule has 1 aliphatic rings. The van der Waals surface area contributed by atoms with Crippen molar-refractivity contribution in [2.75, 3.05) is 38.0 Å². The normalized spacial score (nSPS) is 15.5. The maximum Gasteiger partial charge on any atom is 0.410 e. The molecule has 0 bridgehead atoms. The molecule has 0 atom stereocenters. The predicted octanol–water partition coefficient (Wildman–Crippen LogP) is 1.57. The second-order valence-electron chi connectivity index (χ2n) is 6.45. The number of hydrogen-bond donors (Lipinski definition) is 1. The van der Waals surface area contributed by atoms with Crippen LogP contribution in [0.5, 0.6) is 0 Å². The molecule has 2 heterocycles. The van der Waals surface area contributed by atoms with E-state index in [1.165, 1.54) is 4.90 Å². The lowest BCUT2D eigenvalue weighted by Crippen LogP contribution is -2.54. The number of hydrogen-bond acceptors (Lipinski definition) is 5. The number of carbonyl (C=O) groups is 2. The molecule has 0 aromatic carbocycles. The van der Waals surface area contributed by atoms with Crippen molar-refractivity contribution in [2.24, 2.45) is 0 Å². The largest absolute Gasteiger partial charge is 0.444 e. The minimum atomic E-state index is -0.550. The zero-order chi connectivity index (χ0) is 16.9. The van der Waals surface area contributed by atoms with Gasteiger partial charge in [-0.1, -0.05) is 0 Å². The number of nitrogens with one attached hydrogen (secondary N) is 1. The molecule has 0 unspecified atom stereocenters. The van der Waals surface area contributed by atoms with E-state index in [2.05, 4.69) is 10.3 Å². The average Bonchev–Trinajstić information content (AvgIpc) is 2.48. The molecule has 0 aliphatic carbocycles. The first-order valence-corrected chi connectivity index (χ1v) is 7.75. The van der Waals surface area contributed by atoms with Gasteiger partial charge in [0.2, 0.25) is 5.91 Å². The van der Waals surface area contributed by atoms with Crippen molar-refractivity contribution >= 4 is 17.7 Å². The van der Waals surface area contributed by atoms with Crippen LogP contribution >= 0.6 is 0 Å². The van der Waals surface area contributed by atoms with E-state index in [0.29, 0.717) is 26.2 Å². The smallest absolute Gasteiger partial charge is 0.410 e. The number of aromatic nitrogens is 1. The summed E-state index contributed by atoms with van der Waals surface area (Å²) in [6.45, 7) is 7.79. The number of nitrogens with zero attached hydrogens (tertiary/aromatic N) is 3. The molecule has 0 spiro atoms. The fourth-order valence-electron chi connectivity index (χ4n) is 2.23. The van der Waals surface area contributed by atoms with Crippen LogP contribution in [0.2, 0.25) is 0 Å². The molecule has 0 radical (unpaired) electrons. The lowest BCUT2D eigenvalue weighted by molar-refractivity contribution is -0.135. The minimum absolute atomic E-state index is 0.0568. The standard InChI is InChI=1S/C16H24N4O3/c1-16(2,3)23-15(22)20-11-10-19(14(21)12-20)9-8-18-13-4-6-17-7-5-13/h4-7H,8-12H2,1-3H3,(H,17,18). The van der Waals surface area contributed by atoms with Gasteiger partial charge in [-0.25, -0.2) is 4.79 Å². The minimum Gasteiger partial charge on any atom is -0.444 e. The Kier molecular flexibility index (Phi) is 5.41. The van der Waals surface area contributed by atoms with E-state index in [1.54, 1.807) is 17.3 Å². The van der Waals surface area contributed by atoms with Gasteiger partial charge >= 0.3 is 6.09 Å². The summed E-state index contributed by atoms with van der Waals surface area (Å²) in [5, 5.41) is 3.24. The van der Waals surface area contributed by atoms with Gasteiger partial charge in [-0.2, -0.15) is 0 Å². The quantitative estimate of drug-likeness (QED) is 0.911. The molecule has 1 fully saturated rings. The first kappa shape index (κ1) is 17.1. The van der Waals surface area contributed by atoms with E-state index in [9.17, 15) is 9.59 Å². The third kappa shape index (κ3) is 5.43. The maximum absolute atomic E-state index is 12.2. The Bertz CT molecular complexity index is 542. The third-order valence-corrected chi connectivity index (χ3v) is 3.36. The van der Waals surface area contributed by atoms with Crippen molar-refractivity contribution in [3.05, 3.63) is 24.5 Å². The van der Waals surface area contributed by atoms with E-state index >= 15 is 0 Å². The number of rotatable bonds is 4. The van der Waals surface area contributed by atoms with Crippen LogP contribution in [0.3, 0.4) is 0 Å². The third-order valence-electron chi connectivity index (χ3n) is 3.36. The molecule has 7 nitrogen and oxygen atoms in total. The molecular weight excluding hydrogens is 296 g/mol. The number of carbonyl (C=O) groups excluding carboxylic acids is 2. The molecule has 0 saturated carbocycles. The van der Waals surface area contributed by atoms with Crippen LogP contribution in [0.1, 0.15) is 20.8 Å². The highest BCUT2D eigenvalue weighted by Gasteiger charge is 2.29. The van der Waals surface area contributed by atoms with Crippen molar-refractivity contribution in [2.45, 2.75) is 26.4 Å². The Balaban J connectivity index is 1.76. The molecule has 23 heavy (non-hydrogen) atoms. The fourth-order valence-corrected chi connectivity index (χ4v) is 2.23. The van der Waals surface area contributed by atoms with Crippen molar-refractivity contribution in [3.63, 3.8) is 0 Å². The van der Waals surface area contributed by atoms with E-state index in [-0.39, 0.29) is 12.5 Å². The van der Waals surface area contributed by atoms with Crippen LogP contribution in [-0.2, 0) is 9.53 Å². The Morgan fingerprint density at radius 1 is 1.30 bits per heavy atom. The number of amides is 2. The molecule has 1 saturated heterocycles. The van der Waals surface area contributed by atoms with Crippen molar-refractivity contribution in [1.82, 2.24) is 14.8 Å². The van der Waals surface area contributed by atoms with Crippen LogP contribution in [0.15, 0.2) is 24.5 Å². The highest BCUT2D eigenvalue weighted by Crippen LogP contribution is 2.12. The lowest BCUT2D eigenvalue weighted by atomic mass is 10.2. The zero-order valence-corrected chi connectivity index (χ0v) is 13.9. The molecule has 126 valence electrons. The first-order chi connectivity index (χ1) is 10.8. The van der Waals surface area contributed by atoms with Crippen molar-refractivity contribution in [1.29, 1.82) is 0 Å². The van der Waals surface area contributed by atoms with Crippen molar-refractivity contribution < 1.29 is 14.3 Å². The molecular formula is C16H24N4O3. The average molecular weight is 320 g/mol. The topological polar surface area (TPSA) is 74.8 Å². The Morgan fingerprint density at radius 3 is 2.61 bits per heavy atom. The highest BCUT2D eigenvalue weighted by molar-refractivity contribution is 5.83. The van der Waals surface area contributed by atoms with E-state index in [4.69, 9.17) is 4.74 Å². The van der Waals surface area contributed by atoms with Crippen LogP contribution < -0.4 is 5.32 Å². The number of piperazine rings is 1. The molecule has 1 aromatic heterocycles. The van der Waals surface area contributed by atoms with Gasteiger partial charge in [0.25, 0.3) is 0 Å². The number of pyridine rings is 1. The highest BCUT2D eigenvalue weighted by atomic mass is 16.6. The molecule has 1 aliphatic heterocycles. The van der Waals surface area contributed by atoms with Gasteiger partial charge in [-0.15, -0.1) is 0 Å². The van der Waals surface area contributed by atoms with Crippen molar-refractivity contribution in [3.8, 4) is 0 Å². The summed E-state index contributed by atoms with van der Waals surface area (Å²) in [5.41, 5.74) is 0.422. The predicted molar refractivity (Wildman–Crippen MR) is 87.1 cm³/mol. The molecule has 2 rings (SSSR count). The van der Waals surface area contributed by atoms with Gasteiger partial charge in [0.15, 0.2) is 0 Å². The van der Waals surface area contributed by atoms with E-state index in [0.717, 1.165) is 5.69 Å². The summed E-state index contributed by atoms with van der Waals surface area (Å²) in [6, 6.07) is 3.75. The molecule has 1 N–H and O–H groups in total. The summed E-state index contributed by atoms with van der Waals surface area (Å²) >= 11 is 0. The van der Waals surface area contributed by atoms with Gasteiger partial charge in [0.1, 0.15) is 12.1 Å². The van der Waals surface area contributed by atoms with E-state index < -0.39 is 11.7 Å². The summed E-state index contributed by atoms with van der Waals surface area (Å²) in [4.78, 5) is 31.3. The second kappa shape index (κ2) is 7.30. The summed E-state index contributed by atoms with van der Waals surface area (Å²) in [7, 11) is 0. The van der Waals surface area contributed by atoms with Gasteiger partial charge in [-0.05, 0) is 32.9 Å². The van der Waals surface area contributed by atoms with Crippen LogP contribution in [0.25, 0.3) is 0 Å². The molecule has 1 aromatic rings. The fraction of sp³-hybridized carbons (Fsp3) is 0.562. The van der Waals surface area contributed by atoms with Crippen LogP contribution in [0, 0.1) is 0 Å². The Morgan fingerprint density at radius 2 is 2.00 bits per heavy atom. The SMILES string of the molecule is CC(C)(C)OC(=O)N1CCN(CCNc2ccncc2)C(=O)C1. The molecule has 7 heteroatoms. The van der Waals surface area contributed by atoms with Gasteiger partial charge in [0, 0.05) is 44.3 Å². The summed E-state index contributed by atoms with van der Waals surface area (Å²) in [5.74, 6) is -0.0568. The molecule has 2 amide bonds. The van der Waals surface area contributed by atoms with Crippen LogP contribution in [0.4, 0.5) is 10.5 Å². The monoisotopic (exact) mass is 320 g/mol. The van der Waals surface area contributed by atoms with E-state index in [1.807, 2.05) is 32.9 Å².